The van der Waals surface area contributed by atoms with Crippen LogP contribution in [0.25, 0.3) is 10.9 Å². The summed E-state index contributed by atoms with van der Waals surface area (Å²) in [4.78, 5) is 26.5. The van der Waals surface area contributed by atoms with Crippen LogP contribution in [-0.2, 0) is 32.1 Å². The minimum absolute atomic E-state index is 0.0421. The highest BCUT2D eigenvalue weighted by Crippen LogP contribution is 2.30. The van der Waals surface area contributed by atoms with Gasteiger partial charge in [0.15, 0.2) is 9.84 Å². The van der Waals surface area contributed by atoms with Gasteiger partial charge in [0, 0.05) is 35.9 Å². The third kappa shape index (κ3) is 5.58. The Morgan fingerprint density at radius 1 is 1.00 bits per heavy atom. The van der Waals surface area contributed by atoms with E-state index in [9.17, 15) is 31.2 Å². The zero-order valence-corrected chi connectivity index (χ0v) is 19.4. The molecule has 34 heavy (non-hydrogen) atoms. The molecule has 0 saturated heterocycles. The molecule has 2 aromatic carbocycles. The van der Waals surface area contributed by atoms with Gasteiger partial charge >= 0.3 is 6.18 Å². The Morgan fingerprint density at radius 2 is 1.62 bits per heavy atom. The Hall–Kier alpha value is -3.34. The van der Waals surface area contributed by atoms with Crippen molar-refractivity contribution in [3.63, 3.8) is 0 Å². The molecular weight excluding hydrogens is 471 g/mol. The van der Waals surface area contributed by atoms with Gasteiger partial charge < -0.3 is 14.8 Å². The highest BCUT2D eigenvalue weighted by atomic mass is 32.2. The fourth-order valence-electron chi connectivity index (χ4n) is 3.60. The summed E-state index contributed by atoms with van der Waals surface area (Å²) in [7, 11) is -4.12. The fourth-order valence-corrected chi connectivity index (χ4v) is 4.97. The number of sulfone groups is 1. The average molecular weight is 496 g/mol. The molecule has 1 heterocycles. The van der Waals surface area contributed by atoms with Crippen molar-refractivity contribution in [3.8, 4) is 0 Å². The second kappa shape index (κ2) is 9.88. The molecule has 0 fully saturated rings. The van der Waals surface area contributed by atoms with E-state index < -0.39 is 33.2 Å². The van der Waals surface area contributed by atoms with Crippen molar-refractivity contribution in [2.24, 2.45) is 0 Å². The Morgan fingerprint density at radius 3 is 2.21 bits per heavy atom. The molecular formula is C23H24F3N3O4S. The van der Waals surface area contributed by atoms with Crippen LogP contribution in [0.2, 0.25) is 0 Å². The number of para-hydroxylation sites is 1. The summed E-state index contributed by atoms with van der Waals surface area (Å²) in [6.45, 7) is 4.67. The molecule has 1 N–H and O–H groups in total. The number of nitrogens with one attached hydrogen (secondary N) is 1. The number of carbonyl (C=O) groups is 2. The van der Waals surface area contributed by atoms with E-state index in [0.29, 0.717) is 24.0 Å². The van der Waals surface area contributed by atoms with Crippen molar-refractivity contribution in [3.05, 3.63) is 60.3 Å². The van der Waals surface area contributed by atoms with Crippen LogP contribution in [-0.4, -0.2) is 48.5 Å². The minimum Gasteiger partial charge on any atom is -0.342 e. The van der Waals surface area contributed by atoms with Crippen molar-refractivity contribution in [2.75, 3.05) is 24.2 Å². The molecule has 3 rings (SSSR count). The second-order valence-electron chi connectivity index (χ2n) is 7.59. The van der Waals surface area contributed by atoms with E-state index in [4.69, 9.17) is 0 Å². The molecule has 1 aromatic heterocycles. The molecule has 11 heteroatoms. The third-order valence-electron chi connectivity index (χ3n) is 5.33. The standard InChI is InChI=1S/C23H24F3N3O4S/c1-3-28(4-2)22(31)14-29-13-20(18-7-5-6-8-19(18)29)34(32,33)15-21(30)27-17-11-9-16(10-12-17)23(24,25)26/h5-13H,3-4,14-15H2,1-2H3,(H,27,30). The first kappa shape index (κ1) is 25.3. The van der Waals surface area contributed by atoms with Gasteiger partial charge in [-0.1, -0.05) is 18.2 Å². The highest BCUT2D eigenvalue weighted by molar-refractivity contribution is 7.92. The Kier molecular flexibility index (Phi) is 7.35. The van der Waals surface area contributed by atoms with Gasteiger partial charge in [-0.05, 0) is 44.2 Å². The van der Waals surface area contributed by atoms with Crippen molar-refractivity contribution in [1.29, 1.82) is 0 Å². The molecule has 0 unspecified atom stereocenters. The summed E-state index contributed by atoms with van der Waals surface area (Å²) >= 11 is 0. The van der Waals surface area contributed by atoms with Crippen LogP contribution >= 0.6 is 0 Å². The SMILES string of the molecule is CCN(CC)C(=O)Cn1cc(S(=O)(=O)CC(=O)Nc2ccc(C(F)(F)F)cc2)c2ccccc21. The van der Waals surface area contributed by atoms with Crippen LogP contribution in [0.1, 0.15) is 19.4 Å². The van der Waals surface area contributed by atoms with Crippen molar-refractivity contribution < 1.29 is 31.2 Å². The van der Waals surface area contributed by atoms with Gasteiger partial charge in [-0.25, -0.2) is 8.42 Å². The lowest BCUT2D eigenvalue weighted by molar-refractivity contribution is -0.137. The summed E-state index contributed by atoms with van der Waals surface area (Å²) in [6, 6.07) is 10.3. The number of benzene rings is 2. The third-order valence-corrected chi connectivity index (χ3v) is 6.96. The Balaban J connectivity index is 1.83. The van der Waals surface area contributed by atoms with E-state index in [2.05, 4.69) is 5.32 Å². The molecule has 2 amide bonds. The van der Waals surface area contributed by atoms with Gasteiger partial charge in [-0.2, -0.15) is 13.2 Å². The number of anilines is 1. The maximum Gasteiger partial charge on any atom is 0.416 e. The van der Waals surface area contributed by atoms with Gasteiger partial charge in [0.1, 0.15) is 12.3 Å². The number of halogens is 3. The first-order chi connectivity index (χ1) is 16.0. The molecule has 182 valence electrons. The topological polar surface area (TPSA) is 88.5 Å². The largest absolute Gasteiger partial charge is 0.416 e. The van der Waals surface area contributed by atoms with Crippen LogP contribution in [0.5, 0.6) is 0 Å². The van der Waals surface area contributed by atoms with Crippen molar-refractivity contribution >= 4 is 38.2 Å². The number of rotatable bonds is 8. The Labute approximate surface area is 195 Å². The van der Waals surface area contributed by atoms with E-state index >= 15 is 0 Å². The lowest BCUT2D eigenvalue weighted by atomic mass is 10.2. The number of carbonyl (C=O) groups excluding carboxylic acids is 2. The number of nitrogens with zero attached hydrogens (tertiary/aromatic N) is 2. The lowest BCUT2D eigenvalue weighted by Crippen LogP contribution is -2.33. The summed E-state index contributed by atoms with van der Waals surface area (Å²) in [5.74, 6) is -1.97. The highest BCUT2D eigenvalue weighted by Gasteiger charge is 2.30. The fraction of sp³-hybridized carbons (Fsp3) is 0.304. The number of hydrogen-bond acceptors (Lipinski definition) is 4. The summed E-state index contributed by atoms with van der Waals surface area (Å²) in [5.41, 5.74) is -0.310. The summed E-state index contributed by atoms with van der Waals surface area (Å²) in [6.07, 6.45) is -3.18. The number of hydrogen-bond donors (Lipinski definition) is 1. The first-order valence-electron chi connectivity index (χ1n) is 10.5. The van der Waals surface area contributed by atoms with E-state index in [1.807, 2.05) is 13.8 Å². The molecule has 0 spiro atoms. The summed E-state index contributed by atoms with van der Waals surface area (Å²) in [5, 5.41) is 2.68. The molecule has 3 aromatic rings. The summed E-state index contributed by atoms with van der Waals surface area (Å²) < 4.78 is 65.7. The monoisotopic (exact) mass is 495 g/mol. The van der Waals surface area contributed by atoms with Gasteiger partial charge in [0.2, 0.25) is 11.8 Å². The average Bonchev–Trinajstić information content (AvgIpc) is 3.13. The van der Waals surface area contributed by atoms with Crippen LogP contribution in [0.4, 0.5) is 18.9 Å². The minimum atomic E-state index is -4.52. The van der Waals surface area contributed by atoms with Gasteiger partial charge in [0.05, 0.1) is 10.5 Å². The van der Waals surface area contributed by atoms with Crippen LogP contribution < -0.4 is 5.32 Å². The maximum absolute atomic E-state index is 13.1. The second-order valence-corrected chi connectivity index (χ2v) is 9.54. The molecule has 0 saturated carbocycles. The smallest absolute Gasteiger partial charge is 0.342 e. The zero-order valence-electron chi connectivity index (χ0n) is 18.6. The molecule has 0 bridgehead atoms. The van der Waals surface area contributed by atoms with E-state index in [0.717, 1.165) is 24.3 Å². The van der Waals surface area contributed by atoms with Gasteiger partial charge in [0.25, 0.3) is 0 Å². The number of fused-ring (bicyclic) bond motifs is 1. The molecule has 0 radical (unpaired) electrons. The molecule has 0 atom stereocenters. The zero-order chi connectivity index (χ0) is 25.1. The van der Waals surface area contributed by atoms with Crippen molar-refractivity contribution in [1.82, 2.24) is 9.47 Å². The number of amides is 2. The quantitative estimate of drug-likeness (QED) is 0.513. The van der Waals surface area contributed by atoms with Crippen LogP contribution in [0.3, 0.4) is 0 Å². The lowest BCUT2D eigenvalue weighted by Gasteiger charge is -2.19. The maximum atomic E-state index is 13.1. The number of alkyl halides is 3. The van der Waals surface area contributed by atoms with E-state index in [1.165, 1.54) is 10.8 Å². The van der Waals surface area contributed by atoms with Gasteiger partial charge in [-0.15, -0.1) is 0 Å². The normalized spacial score (nSPS) is 12.0. The molecule has 0 aliphatic heterocycles. The predicted molar refractivity (Wildman–Crippen MR) is 122 cm³/mol. The number of aromatic nitrogens is 1. The van der Waals surface area contributed by atoms with Crippen molar-refractivity contribution in [2.45, 2.75) is 31.5 Å². The van der Waals surface area contributed by atoms with E-state index in [-0.39, 0.29) is 23.0 Å². The Bertz CT molecular complexity index is 1300. The predicted octanol–water partition coefficient (Wildman–Crippen LogP) is 3.94. The molecule has 7 nitrogen and oxygen atoms in total. The molecule has 0 aliphatic carbocycles. The number of likely N-dealkylation sites (N-methyl/N-ethyl adjacent to an activating group) is 1. The first-order valence-corrected chi connectivity index (χ1v) is 12.2. The van der Waals surface area contributed by atoms with Crippen LogP contribution in [0.15, 0.2) is 59.6 Å². The molecule has 0 aliphatic rings. The van der Waals surface area contributed by atoms with E-state index in [1.54, 1.807) is 29.2 Å². The van der Waals surface area contributed by atoms with Gasteiger partial charge in [-0.3, -0.25) is 9.59 Å². The van der Waals surface area contributed by atoms with Crippen LogP contribution in [0, 0.1) is 0 Å².